The average molecular weight is 402 g/mol. The lowest BCUT2D eigenvalue weighted by Crippen LogP contribution is -2.41. The summed E-state index contributed by atoms with van der Waals surface area (Å²) in [6.07, 6.45) is 1.62. The highest BCUT2D eigenvalue weighted by Crippen LogP contribution is 2.37. The third kappa shape index (κ3) is 3.17. The number of hydrogen-bond acceptors (Lipinski definition) is 4. The molecule has 1 aliphatic heterocycles. The van der Waals surface area contributed by atoms with Crippen molar-refractivity contribution in [1.29, 1.82) is 0 Å². The SMILES string of the molecule is NC(=O)c1c(Cl)c(-c2ccccc2)n2c1CN(C(=O)Nc1nccs1)CC2. The highest BCUT2D eigenvalue weighted by Gasteiger charge is 2.31. The molecule has 1 aromatic carbocycles. The van der Waals surface area contributed by atoms with Gasteiger partial charge in [0.2, 0.25) is 0 Å². The molecule has 2 aromatic heterocycles. The topological polar surface area (TPSA) is 93.3 Å². The van der Waals surface area contributed by atoms with Crippen LogP contribution in [0.3, 0.4) is 0 Å². The number of fused-ring (bicyclic) bond motifs is 1. The lowest BCUT2D eigenvalue weighted by molar-refractivity contribution is 0.0997. The van der Waals surface area contributed by atoms with Crippen molar-refractivity contribution in [3.8, 4) is 11.3 Å². The minimum Gasteiger partial charge on any atom is -0.365 e. The third-order valence-corrected chi connectivity index (χ3v) is 5.53. The van der Waals surface area contributed by atoms with E-state index in [-0.39, 0.29) is 18.1 Å². The first-order valence-corrected chi connectivity index (χ1v) is 9.53. The van der Waals surface area contributed by atoms with E-state index in [0.29, 0.717) is 28.9 Å². The molecule has 0 unspecified atom stereocenters. The highest BCUT2D eigenvalue weighted by molar-refractivity contribution is 7.13. The van der Waals surface area contributed by atoms with Crippen LogP contribution in [0.1, 0.15) is 16.1 Å². The molecule has 3 amide bonds. The Labute approximate surface area is 164 Å². The van der Waals surface area contributed by atoms with Crippen LogP contribution in [0, 0.1) is 0 Å². The molecule has 3 heterocycles. The molecule has 1 aliphatic rings. The van der Waals surface area contributed by atoms with Crippen LogP contribution in [-0.2, 0) is 13.1 Å². The first-order chi connectivity index (χ1) is 13.1. The summed E-state index contributed by atoms with van der Waals surface area (Å²) in [5.74, 6) is -0.604. The zero-order valence-electron chi connectivity index (χ0n) is 14.2. The largest absolute Gasteiger partial charge is 0.365 e. The number of carbonyl (C=O) groups is 2. The van der Waals surface area contributed by atoms with Crippen LogP contribution in [0.4, 0.5) is 9.93 Å². The Morgan fingerprint density at radius 2 is 2.00 bits per heavy atom. The normalized spacial score (nSPS) is 13.3. The molecule has 138 valence electrons. The molecule has 7 nitrogen and oxygen atoms in total. The van der Waals surface area contributed by atoms with Crippen molar-refractivity contribution in [3.63, 3.8) is 0 Å². The number of urea groups is 1. The van der Waals surface area contributed by atoms with Crippen LogP contribution in [0.5, 0.6) is 0 Å². The molecule has 0 spiro atoms. The van der Waals surface area contributed by atoms with E-state index in [1.165, 1.54) is 11.3 Å². The molecule has 4 rings (SSSR count). The van der Waals surface area contributed by atoms with E-state index in [1.54, 1.807) is 16.5 Å². The third-order valence-electron chi connectivity index (χ3n) is 4.47. The van der Waals surface area contributed by atoms with Gasteiger partial charge in [-0.25, -0.2) is 9.78 Å². The van der Waals surface area contributed by atoms with Crippen LogP contribution >= 0.6 is 22.9 Å². The number of nitrogens with one attached hydrogen (secondary N) is 1. The molecule has 9 heteroatoms. The number of thiazole rings is 1. The molecule has 27 heavy (non-hydrogen) atoms. The molecule has 0 radical (unpaired) electrons. The molecule has 3 aromatic rings. The number of primary amides is 1. The maximum atomic E-state index is 12.5. The molecular weight excluding hydrogens is 386 g/mol. The van der Waals surface area contributed by atoms with E-state index in [2.05, 4.69) is 10.3 Å². The minimum atomic E-state index is -0.604. The van der Waals surface area contributed by atoms with Gasteiger partial charge in [-0.1, -0.05) is 41.9 Å². The zero-order chi connectivity index (χ0) is 19.0. The first-order valence-electron chi connectivity index (χ1n) is 8.27. The van der Waals surface area contributed by atoms with Gasteiger partial charge in [0.15, 0.2) is 5.13 Å². The molecule has 3 N–H and O–H groups in total. The average Bonchev–Trinajstić information content (AvgIpc) is 3.26. The maximum Gasteiger partial charge on any atom is 0.324 e. The van der Waals surface area contributed by atoms with Gasteiger partial charge < -0.3 is 15.2 Å². The van der Waals surface area contributed by atoms with Crippen molar-refractivity contribution in [2.75, 3.05) is 11.9 Å². The van der Waals surface area contributed by atoms with E-state index in [4.69, 9.17) is 17.3 Å². The van der Waals surface area contributed by atoms with Gasteiger partial charge in [-0.2, -0.15) is 0 Å². The fraction of sp³-hybridized carbons (Fsp3) is 0.167. The Morgan fingerprint density at radius 3 is 2.67 bits per heavy atom. The van der Waals surface area contributed by atoms with Gasteiger partial charge in [-0.3, -0.25) is 10.1 Å². The van der Waals surface area contributed by atoms with Gasteiger partial charge >= 0.3 is 6.03 Å². The van der Waals surface area contributed by atoms with Crippen molar-refractivity contribution in [2.45, 2.75) is 13.1 Å². The molecule has 0 bridgehead atoms. The van der Waals surface area contributed by atoms with Gasteiger partial charge in [0.05, 0.1) is 28.5 Å². The van der Waals surface area contributed by atoms with Crippen molar-refractivity contribution in [3.05, 3.63) is 58.2 Å². The molecule has 0 saturated heterocycles. The standard InChI is InChI=1S/C18H16ClN5O2S/c19-14-13(16(20)25)12-10-23(18(26)22-17-21-6-9-27-17)7-8-24(12)15(14)11-4-2-1-3-5-11/h1-6,9H,7-8,10H2,(H2,20,25)(H,21,22,26). The number of benzene rings is 1. The summed E-state index contributed by atoms with van der Waals surface area (Å²) < 4.78 is 1.98. The second kappa shape index (κ2) is 7.05. The van der Waals surface area contributed by atoms with Crippen LogP contribution in [-0.4, -0.2) is 32.9 Å². The van der Waals surface area contributed by atoms with Gasteiger partial charge in [0, 0.05) is 24.7 Å². The van der Waals surface area contributed by atoms with E-state index in [9.17, 15) is 9.59 Å². The van der Waals surface area contributed by atoms with Crippen molar-refractivity contribution in [2.24, 2.45) is 5.73 Å². The van der Waals surface area contributed by atoms with Gasteiger partial charge in [0.25, 0.3) is 5.91 Å². The summed E-state index contributed by atoms with van der Waals surface area (Å²) in [4.78, 5) is 30.3. The van der Waals surface area contributed by atoms with Gasteiger partial charge in [0.1, 0.15) is 0 Å². The molecular formula is C18H16ClN5O2S. The number of nitrogens with two attached hydrogens (primary N) is 1. The quantitative estimate of drug-likeness (QED) is 0.704. The fourth-order valence-corrected chi connectivity index (χ4v) is 4.22. The van der Waals surface area contributed by atoms with Gasteiger partial charge in [-0.05, 0) is 5.56 Å². The van der Waals surface area contributed by atoms with Crippen LogP contribution in [0.2, 0.25) is 5.02 Å². The molecule has 0 aliphatic carbocycles. The minimum absolute atomic E-state index is 0.238. The Hall–Kier alpha value is -2.84. The zero-order valence-corrected chi connectivity index (χ0v) is 15.8. The second-order valence-corrected chi connectivity index (χ2v) is 7.33. The molecule has 0 fully saturated rings. The number of halogens is 1. The second-order valence-electron chi connectivity index (χ2n) is 6.06. The number of rotatable bonds is 3. The fourth-order valence-electron chi connectivity index (χ4n) is 3.28. The Balaban J connectivity index is 1.70. The lowest BCUT2D eigenvalue weighted by Gasteiger charge is -2.29. The van der Waals surface area contributed by atoms with Crippen LogP contribution in [0.15, 0.2) is 41.9 Å². The number of nitrogens with zero attached hydrogens (tertiary/aromatic N) is 3. The maximum absolute atomic E-state index is 12.5. The summed E-state index contributed by atoms with van der Waals surface area (Å²) in [7, 11) is 0. The molecule has 0 atom stereocenters. The summed E-state index contributed by atoms with van der Waals surface area (Å²) in [6.45, 7) is 1.23. The lowest BCUT2D eigenvalue weighted by atomic mass is 10.1. The first kappa shape index (κ1) is 17.6. The predicted molar refractivity (Wildman–Crippen MR) is 105 cm³/mol. The Kier molecular flexibility index (Phi) is 4.59. The highest BCUT2D eigenvalue weighted by atomic mass is 35.5. The van der Waals surface area contributed by atoms with Crippen LogP contribution < -0.4 is 11.1 Å². The Bertz CT molecular complexity index is 1000. The molecule has 0 saturated carbocycles. The summed E-state index contributed by atoms with van der Waals surface area (Å²) >= 11 is 7.89. The number of hydrogen-bond donors (Lipinski definition) is 2. The van der Waals surface area contributed by atoms with E-state index >= 15 is 0 Å². The monoisotopic (exact) mass is 401 g/mol. The number of aromatic nitrogens is 2. The number of amides is 3. The van der Waals surface area contributed by atoms with Gasteiger partial charge in [-0.15, -0.1) is 11.3 Å². The summed E-state index contributed by atoms with van der Waals surface area (Å²) in [6, 6.07) is 9.32. The number of carbonyl (C=O) groups excluding carboxylic acids is 2. The van der Waals surface area contributed by atoms with E-state index in [1.807, 2.05) is 34.9 Å². The van der Waals surface area contributed by atoms with E-state index in [0.717, 1.165) is 11.3 Å². The van der Waals surface area contributed by atoms with Crippen molar-refractivity contribution in [1.82, 2.24) is 14.5 Å². The van der Waals surface area contributed by atoms with Crippen LogP contribution in [0.25, 0.3) is 11.3 Å². The number of anilines is 1. The summed E-state index contributed by atoms with van der Waals surface area (Å²) in [5, 5.41) is 5.40. The summed E-state index contributed by atoms with van der Waals surface area (Å²) in [5.41, 5.74) is 8.16. The van der Waals surface area contributed by atoms with E-state index < -0.39 is 5.91 Å². The van der Waals surface area contributed by atoms with Crippen molar-refractivity contribution >= 4 is 40.0 Å². The predicted octanol–water partition coefficient (Wildman–Crippen LogP) is 3.41. The Morgan fingerprint density at radius 1 is 1.22 bits per heavy atom. The van der Waals surface area contributed by atoms with Crippen molar-refractivity contribution < 1.29 is 9.59 Å². The smallest absolute Gasteiger partial charge is 0.324 e.